The van der Waals surface area contributed by atoms with Crippen LogP contribution >= 0.6 is 0 Å². The van der Waals surface area contributed by atoms with Crippen molar-refractivity contribution in [1.29, 1.82) is 0 Å². The van der Waals surface area contributed by atoms with Gasteiger partial charge in [-0.1, -0.05) is 71.0 Å². The minimum atomic E-state index is 0.785. The zero-order chi connectivity index (χ0) is 34.1. The maximum Gasteiger partial charge on any atom is 0.0273 e. The van der Waals surface area contributed by atoms with Gasteiger partial charge in [-0.25, -0.2) is 0 Å². The van der Waals surface area contributed by atoms with E-state index in [1.54, 1.807) is 0 Å². The lowest BCUT2D eigenvalue weighted by molar-refractivity contribution is 1.53. The highest BCUT2D eigenvalue weighted by Crippen LogP contribution is 2.14. The van der Waals surface area contributed by atoms with E-state index in [0.717, 1.165) is 66.8 Å². The predicted octanol–water partition coefficient (Wildman–Crippen LogP) is 8.11. The minimum absolute atomic E-state index is 0.785. The summed E-state index contributed by atoms with van der Waals surface area (Å²) >= 11 is 0. The van der Waals surface area contributed by atoms with Gasteiger partial charge in [0.05, 0.1) is 0 Å². The predicted molar refractivity (Wildman–Crippen MR) is 199 cm³/mol. The second-order valence-corrected chi connectivity index (χ2v) is 10.2. The van der Waals surface area contributed by atoms with Gasteiger partial charge in [0.15, 0.2) is 0 Å². The summed E-state index contributed by atoms with van der Waals surface area (Å²) in [6.07, 6.45) is 0. The normalized spacial score (nSPS) is 8.38. The number of hydrogen-bond donors (Lipinski definition) is 0. The van der Waals surface area contributed by atoms with Crippen molar-refractivity contribution in [2.24, 2.45) is 0 Å². The summed E-state index contributed by atoms with van der Waals surface area (Å²) in [7, 11) is 0. The molecule has 222 valence electrons. The van der Waals surface area contributed by atoms with Crippen LogP contribution in [0.5, 0.6) is 0 Å². The fourth-order valence-corrected chi connectivity index (χ4v) is 4.68. The first kappa shape index (κ1) is 33.8. The van der Waals surface area contributed by atoms with Crippen molar-refractivity contribution in [3.05, 3.63) is 140 Å². The molecular formula is C48H30. The van der Waals surface area contributed by atoms with Crippen LogP contribution < -0.4 is 0 Å². The molecule has 48 heavy (non-hydrogen) atoms. The van der Waals surface area contributed by atoms with E-state index in [9.17, 15) is 0 Å². The Balaban J connectivity index is 1.86. The van der Waals surface area contributed by atoms with Gasteiger partial charge in [0.25, 0.3) is 0 Å². The SMILES string of the molecule is CC#Cc1cc(C#CC)cc(C#Cc2cc(C#Cc3cc(C#CC)cc(C#CC)c3)cc(C#Cc3cc(C#CC)cc(C#CC)c3)c2)c1. The molecule has 4 rings (SSSR count). The lowest BCUT2D eigenvalue weighted by atomic mass is 10.0. The third kappa shape index (κ3) is 10.2. The average Bonchev–Trinajstić information content (AvgIpc) is 3.06. The highest BCUT2D eigenvalue weighted by atomic mass is 14.0. The van der Waals surface area contributed by atoms with Crippen molar-refractivity contribution in [1.82, 2.24) is 0 Å². The molecule has 0 heteroatoms. The zero-order valence-electron chi connectivity index (χ0n) is 27.9. The summed E-state index contributed by atoms with van der Waals surface area (Å²) in [6.45, 7) is 10.9. The number of benzene rings is 4. The van der Waals surface area contributed by atoms with Gasteiger partial charge in [0.1, 0.15) is 0 Å². The van der Waals surface area contributed by atoms with Crippen LogP contribution in [-0.4, -0.2) is 0 Å². The van der Waals surface area contributed by atoms with Crippen molar-refractivity contribution < 1.29 is 0 Å². The van der Waals surface area contributed by atoms with E-state index in [1.807, 2.05) is 114 Å². The summed E-state index contributed by atoms with van der Waals surface area (Å²) in [5, 5.41) is 0. The van der Waals surface area contributed by atoms with E-state index in [2.05, 4.69) is 107 Å². The van der Waals surface area contributed by atoms with Crippen molar-refractivity contribution in [2.45, 2.75) is 41.5 Å². The maximum atomic E-state index is 3.33. The molecule has 0 atom stereocenters. The summed E-state index contributed by atoms with van der Waals surface area (Å²) in [5.74, 6) is 56.4. The molecule has 0 aliphatic carbocycles. The van der Waals surface area contributed by atoms with E-state index in [1.165, 1.54) is 0 Å². The van der Waals surface area contributed by atoms with Gasteiger partial charge in [-0.05, 0) is 114 Å². The van der Waals surface area contributed by atoms with E-state index in [4.69, 9.17) is 0 Å². The molecule has 4 aromatic carbocycles. The third-order valence-corrected chi connectivity index (χ3v) is 6.40. The molecule has 0 spiro atoms. The second kappa shape index (κ2) is 17.4. The molecule has 0 saturated carbocycles. The molecule has 0 heterocycles. The molecule has 0 aromatic heterocycles. The van der Waals surface area contributed by atoms with Crippen LogP contribution in [0.2, 0.25) is 0 Å². The first-order valence-corrected chi connectivity index (χ1v) is 15.2. The molecule has 0 radical (unpaired) electrons. The van der Waals surface area contributed by atoms with Crippen LogP contribution in [-0.2, 0) is 0 Å². The Labute approximate surface area is 286 Å². The van der Waals surface area contributed by atoms with Gasteiger partial charge >= 0.3 is 0 Å². The second-order valence-electron chi connectivity index (χ2n) is 10.2. The Morgan fingerprint density at radius 2 is 0.292 bits per heavy atom. The van der Waals surface area contributed by atoms with Crippen LogP contribution in [0.25, 0.3) is 0 Å². The topological polar surface area (TPSA) is 0 Å². The van der Waals surface area contributed by atoms with Crippen molar-refractivity contribution in [2.75, 3.05) is 0 Å². The quantitative estimate of drug-likeness (QED) is 0.178. The van der Waals surface area contributed by atoms with Crippen molar-refractivity contribution in [3.63, 3.8) is 0 Å². The maximum absolute atomic E-state index is 3.33. The van der Waals surface area contributed by atoms with E-state index < -0.39 is 0 Å². The standard InChI is InChI=1S/C48H30/c1-7-13-37-25-38(14-8-2)29-43(28-37)19-22-46-34-47(23-20-44-30-39(15-9-3)26-40(31-44)16-10-4)36-48(35-46)24-21-45-32-41(17-11-5)27-42(33-45)18-12-6/h25-36H,1-6H3. The Morgan fingerprint density at radius 1 is 0.188 bits per heavy atom. The highest BCUT2D eigenvalue weighted by molar-refractivity contribution is 5.59. The summed E-state index contributed by atoms with van der Waals surface area (Å²) in [5.41, 5.74) is 10.1. The first-order chi connectivity index (χ1) is 23.4. The lowest BCUT2D eigenvalue weighted by Gasteiger charge is -2.00. The van der Waals surface area contributed by atoms with Crippen LogP contribution in [0.4, 0.5) is 0 Å². The Bertz CT molecular complexity index is 2090. The van der Waals surface area contributed by atoms with Crippen molar-refractivity contribution >= 4 is 0 Å². The summed E-state index contributed by atoms with van der Waals surface area (Å²) < 4.78 is 0. The molecule has 4 aromatic rings. The van der Waals surface area contributed by atoms with Gasteiger partial charge in [-0.3, -0.25) is 0 Å². The highest BCUT2D eigenvalue weighted by Gasteiger charge is 2.01. The Morgan fingerprint density at radius 3 is 0.396 bits per heavy atom. The van der Waals surface area contributed by atoms with Crippen LogP contribution in [0.15, 0.2) is 72.8 Å². The zero-order valence-corrected chi connectivity index (χ0v) is 27.9. The largest absolute Gasteiger partial charge is 0.101 e. The molecule has 0 unspecified atom stereocenters. The van der Waals surface area contributed by atoms with Crippen LogP contribution in [0.1, 0.15) is 108 Å². The van der Waals surface area contributed by atoms with Gasteiger partial charge in [0.2, 0.25) is 0 Å². The summed E-state index contributed by atoms with van der Waals surface area (Å²) in [4.78, 5) is 0. The van der Waals surface area contributed by atoms with E-state index >= 15 is 0 Å². The van der Waals surface area contributed by atoms with Gasteiger partial charge < -0.3 is 0 Å². The number of hydrogen-bond acceptors (Lipinski definition) is 0. The fourth-order valence-electron chi connectivity index (χ4n) is 4.68. The molecule has 0 aliphatic rings. The molecule has 0 bridgehead atoms. The average molecular weight is 607 g/mol. The minimum Gasteiger partial charge on any atom is -0.101 e. The third-order valence-electron chi connectivity index (χ3n) is 6.40. The molecule has 0 N–H and O–H groups in total. The Hall–Kier alpha value is -7.08. The smallest absolute Gasteiger partial charge is 0.0273 e. The fraction of sp³-hybridized carbons (Fsp3) is 0.125. The van der Waals surface area contributed by atoms with Crippen LogP contribution in [0.3, 0.4) is 0 Å². The van der Waals surface area contributed by atoms with Crippen LogP contribution in [0, 0.1) is 107 Å². The summed E-state index contributed by atoms with van der Waals surface area (Å²) in [6, 6.07) is 23.7. The van der Waals surface area contributed by atoms with Gasteiger partial charge in [0, 0.05) is 66.8 Å². The monoisotopic (exact) mass is 606 g/mol. The Kier molecular flexibility index (Phi) is 12.3. The van der Waals surface area contributed by atoms with E-state index in [-0.39, 0.29) is 0 Å². The molecule has 0 amide bonds. The molecule has 0 saturated heterocycles. The molecule has 0 nitrogen and oxygen atoms in total. The van der Waals surface area contributed by atoms with Crippen molar-refractivity contribution in [3.8, 4) is 107 Å². The number of rotatable bonds is 0. The lowest BCUT2D eigenvalue weighted by Crippen LogP contribution is -1.88. The van der Waals surface area contributed by atoms with E-state index in [0.29, 0.717) is 0 Å². The van der Waals surface area contributed by atoms with Gasteiger partial charge in [-0.15, -0.1) is 35.5 Å². The first-order valence-electron chi connectivity index (χ1n) is 15.2. The molecule has 0 aliphatic heterocycles. The molecule has 0 fully saturated rings. The van der Waals surface area contributed by atoms with Gasteiger partial charge in [-0.2, -0.15) is 0 Å². The molecular weight excluding hydrogens is 577 g/mol.